The standard InChI is InChI=1S/C10H14N4O4S/c15-14(16)9-1-2-10(12-7-9)19(17,18)13-8-3-5-11-6-4-8/h1-2,7-8,11,13H,3-6H2. The van der Waals surface area contributed by atoms with Crippen LogP contribution in [0.2, 0.25) is 0 Å². The Morgan fingerprint density at radius 3 is 2.58 bits per heavy atom. The zero-order chi connectivity index (χ0) is 13.9. The molecular weight excluding hydrogens is 272 g/mol. The maximum Gasteiger partial charge on any atom is 0.287 e. The normalized spacial score (nSPS) is 17.3. The first-order chi connectivity index (χ1) is 8.99. The minimum atomic E-state index is -3.71. The summed E-state index contributed by atoms with van der Waals surface area (Å²) in [7, 11) is -3.71. The molecule has 2 N–H and O–H groups in total. The summed E-state index contributed by atoms with van der Waals surface area (Å²) < 4.78 is 26.6. The molecule has 0 aromatic carbocycles. The molecule has 8 nitrogen and oxygen atoms in total. The fourth-order valence-electron chi connectivity index (χ4n) is 1.86. The molecule has 0 amide bonds. The lowest BCUT2D eigenvalue weighted by Crippen LogP contribution is -2.42. The van der Waals surface area contributed by atoms with E-state index >= 15 is 0 Å². The molecule has 1 aromatic rings. The van der Waals surface area contributed by atoms with Crippen molar-refractivity contribution >= 4 is 15.7 Å². The van der Waals surface area contributed by atoms with Crippen LogP contribution < -0.4 is 10.0 Å². The van der Waals surface area contributed by atoms with Gasteiger partial charge in [0.1, 0.15) is 6.20 Å². The summed E-state index contributed by atoms with van der Waals surface area (Å²) in [6, 6.07) is 2.15. The Kier molecular flexibility index (Phi) is 4.08. The average molecular weight is 286 g/mol. The summed E-state index contributed by atoms with van der Waals surface area (Å²) in [5.41, 5.74) is -0.235. The van der Waals surface area contributed by atoms with Crippen molar-refractivity contribution in [2.75, 3.05) is 13.1 Å². The van der Waals surface area contributed by atoms with Gasteiger partial charge in [-0.05, 0) is 32.0 Å². The van der Waals surface area contributed by atoms with E-state index in [1.165, 1.54) is 0 Å². The molecule has 104 valence electrons. The van der Waals surface area contributed by atoms with Crippen LogP contribution in [0.5, 0.6) is 0 Å². The number of nitro groups is 1. The summed E-state index contributed by atoms with van der Waals surface area (Å²) in [4.78, 5) is 13.5. The Hall–Kier alpha value is -1.58. The second-order valence-electron chi connectivity index (χ2n) is 4.26. The Morgan fingerprint density at radius 2 is 2.05 bits per heavy atom. The first kappa shape index (κ1) is 13.8. The summed E-state index contributed by atoms with van der Waals surface area (Å²) in [5.74, 6) is 0. The highest BCUT2D eigenvalue weighted by Crippen LogP contribution is 2.14. The van der Waals surface area contributed by atoms with Crippen LogP contribution in [-0.4, -0.2) is 37.5 Å². The van der Waals surface area contributed by atoms with Gasteiger partial charge in [0.15, 0.2) is 5.03 Å². The number of aromatic nitrogens is 1. The van der Waals surface area contributed by atoms with Gasteiger partial charge in [0, 0.05) is 12.1 Å². The number of nitrogens with zero attached hydrogens (tertiary/aromatic N) is 2. The smallest absolute Gasteiger partial charge is 0.287 e. The molecule has 0 bridgehead atoms. The van der Waals surface area contributed by atoms with Gasteiger partial charge in [-0.3, -0.25) is 10.1 Å². The quantitative estimate of drug-likeness (QED) is 0.595. The maximum absolute atomic E-state index is 12.0. The molecule has 1 aliphatic heterocycles. The summed E-state index contributed by atoms with van der Waals surface area (Å²) in [6.45, 7) is 1.53. The van der Waals surface area contributed by atoms with Crippen molar-refractivity contribution in [3.63, 3.8) is 0 Å². The largest absolute Gasteiger partial charge is 0.317 e. The first-order valence-corrected chi connectivity index (χ1v) is 7.31. The SMILES string of the molecule is O=[N+]([O-])c1ccc(S(=O)(=O)NC2CCNCC2)nc1. The van der Waals surface area contributed by atoms with Gasteiger partial charge in [-0.25, -0.2) is 18.1 Å². The third-order valence-electron chi connectivity index (χ3n) is 2.87. The molecular formula is C10H14N4O4S. The lowest BCUT2D eigenvalue weighted by Gasteiger charge is -2.23. The fourth-order valence-corrected chi connectivity index (χ4v) is 3.09. The molecule has 0 saturated carbocycles. The van der Waals surface area contributed by atoms with Gasteiger partial charge >= 0.3 is 0 Å². The predicted molar refractivity (Wildman–Crippen MR) is 67.1 cm³/mol. The summed E-state index contributed by atoms with van der Waals surface area (Å²) in [5, 5.41) is 13.4. The van der Waals surface area contributed by atoms with Gasteiger partial charge in [0.05, 0.1) is 4.92 Å². The molecule has 0 unspecified atom stereocenters. The maximum atomic E-state index is 12.0. The molecule has 1 fully saturated rings. The average Bonchev–Trinajstić information content (AvgIpc) is 2.39. The van der Waals surface area contributed by atoms with E-state index in [0.29, 0.717) is 12.8 Å². The molecule has 19 heavy (non-hydrogen) atoms. The van der Waals surface area contributed by atoms with Crippen molar-refractivity contribution in [2.24, 2.45) is 0 Å². The Balaban J connectivity index is 2.12. The van der Waals surface area contributed by atoms with Crippen molar-refractivity contribution in [1.82, 2.24) is 15.0 Å². The van der Waals surface area contributed by atoms with Crippen molar-refractivity contribution in [1.29, 1.82) is 0 Å². The van der Waals surface area contributed by atoms with Crippen LogP contribution in [0.4, 0.5) is 5.69 Å². The van der Waals surface area contributed by atoms with E-state index < -0.39 is 14.9 Å². The Labute approximate surface area is 110 Å². The molecule has 0 spiro atoms. The van der Waals surface area contributed by atoms with Crippen LogP contribution >= 0.6 is 0 Å². The van der Waals surface area contributed by atoms with E-state index in [1.54, 1.807) is 0 Å². The predicted octanol–water partition coefficient (Wildman–Crippen LogP) is 0.0201. The van der Waals surface area contributed by atoms with Crippen molar-refractivity contribution in [3.05, 3.63) is 28.4 Å². The zero-order valence-electron chi connectivity index (χ0n) is 10.1. The van der Waals surface area contributed by atoms with Crippen LogP contribution in [0.3, 0.4) is 0 Å². The van der Waals surface area contributed by atoms with Gasteiger partial charge in [-0.2, -0.15) is 0 Å². The highest BCUT2D eigenvalue weighted by atomic mass is 32.2. The fraction of sp³-hybridized carbons (Fsp3) is 0.500. The number of pyridine rings is 1. The minimum Gasteiger partial charge on any atom is -0.317 e. The van der Waals surface area contributed by atoms with E-state index in [1.807, 2.05) is 0 Å². The molecule has 2 rings (SSSR count). The van der Waals surface area contributed by atoms with Gasteiger partial charge in [-0.1, -0.05) is 0 Å². The third-order valence-corrected chi connectivity index (χ3v) is 4.30. The zero-order valence-corrected chi connectivity index (χ0v) is 10.9. The summed E-state index contributed by atoms with van der Waals surface area (Å²) >= 11 is 0. The van der Waals surface area contributed by atoms with Gasteiger partial charge in [0.2, 0.25) is 0 Å². The molecule has 1 aliphatic rings. The van der Waals surface area contributed by atoms with Gasteiger partial charge < -0.3 is 5.32 Å². The Bertz CT molecular complexity index is 551. The highest BCUT2D eigenvalue weighted by Gasteiger charge is 2.23. The minimum absolute atomic E-state index is 0.122. The monoisotopic (exact) mass is 286 g/mol. The number of sulfonamides is 1. The molecule has 0 atom stereocenters. The molecule has 0 aliphatic carbocycles. The number of hydrogen-bond acceptors (Lipinski definition) is 6. The Morgan fingerprint density at radius 1 is 1.37 bits per heavy atom. The molecule has 9 heteroatoms. The second-order valence-corrected chi connectivity index (χ2v) is 5.92. The van der Waals surface area contributed by atoms with Crippen LogP contribution in [-0.2, 0) is 10.0 Å². The van der Waals surface area contributed by atoms with Crippen molar-refractivity contribution < 1.29 is 13.3 Å². The summed E-state index contributed by atoms with van der Waals surface area (Å²) in [6.07, 6.45) is 2.37. The number of hydrogen-bond donors (Lipinski definition) is 2. The molecule has 1 saturated heterocycles. The van der Waals surface area contributed by atoms with Crippen molar-refractivity contribution in [2.45, 2.75) is 23.9 Å². The molecule has 2 heterocycles. The lowest BCUT2D eigenvalue weighted by atomic mass is 10.1. The molecule has 0 radical (unpaired) electrons. The van der Waals surface area contributed by atoms with Crippen LogP contribution in [0.1, 0.15) is 12.8 Å². The number of rotatable bonds is 4. The van der Waals surface area contributed by atoms with E-state index in [2.05, 4.69) is 15.0 Å². The number of piperidine rings is 1. The number of nitrogens with one attached hydrogen (secondary N) is 2. The molecule has 1 aromatic heterocycles. The lowest BCUT2D eigenvalue weighted by molar-refractivity contribution is -0.385. The topological polar surface area (TPSA) is 114 Å². The van der Waals surface area contributed by atoms with E-state index in [4.69, 9.17) is 0 Å². The van der Waals surface area contributed by atoms with Crippen LogP contribution in [0.25, 0.3) is 0 Å². The highest BCUT2D eigenvalue weighted by molar-refractivity contribution is 7.89. The van der Waals surface area contributed by atoms with Gasteiger partial charge in [-0.15, -0.1) is 0 Å². The third kappa shape index (κ3) is 3.46. The van der Waals surface area contributed by atoms with E-state index in [-0.39, 0.29) is 16.8 Å². The second kappa shape index (κ2) is 5.59. The van der Waals surface area contributed by atoms with E-state index in [9.17, 15) is 18.5 Å². The van der Waals surface area contributed by atoms with E-state index in [0.717, 1.165) is 31.4 Å². The van der Waals surface area contributed by atoms with Gasteiger partial charge in [0.25, 0.3) is 15.7 Å². The van der Waals surface area contributed by atoms with Crippen LogP contribution in [0.15, 0.2) is 23.4 Å². The van der Waals surface area contributed by atoms with Crippen LogP contribution in [0, 0.1) is 10.1 Å². The van der Waals surface area contributed by atoms with Crippen molar-refractivity contribution in [3.8, 4) is 0 Å². The first-order valence-electron chi connectivity index (χ1n) is 5.82.